The molecule has 0 bridgehead atoms. The van der Waals surface area contributed by atoms with E-state index in [9.17, 15) is 0 Å². The van der Waals surface area contributed by atoms with E-state index in [1.807, 2.05) is 61.8 Å². The molecule has 0 atom stereocenters. The molecule has 1 aliphatic heterocycles. The third kappa shape index (κ3) is 4.73. The largest absolute Gasteiger partial charge is 0.496 e. The van der Waals surface area contributed by atoms with E-state index in [2.05, 4.69) is 32.5 Å². The lowest BCUT2D eigenvalue weighted by Crippen LogP contribution is -2.25. The van der Waals surface area contributed by atoms with Crippen molar-refractivity contribution in [2.24, 2.45) is 10.1 Å². The van der Waals surface area contributed by atoms with Crippen LogP contribution in [-0.4, -0.2) is 49.7 Å². The molecule has 0 saturated heterocycles. The van der Waals surface area contributed by atoms with Crippen molar-refractivity contribution in [3.8, 4) is 22.8 Å². The Kier molecular flexibility index (Phi) is 6.24. The van der Waals surface area contributed by atoms with Crippen LogP contribution in [0.5, 0.6) is 11.6 Å². The second-order valence-electron chi connectivity index (χ2n) is 7.18. The van der Waals surface area contributed by atoms with E-state index >= 15 is 0 Å². The molecule has 2 heterocycles. The number of nitrogens with one attached hydrogen (secondary N) is 1. The minimum absolute atomic E-state index is 0.573. The maximum Gasteiger partial charge on any atom is 0.213 e. The van der Waals surface area contributed by atoms with Gasteiger partial charge in [-0.3, -0.25) is 10.3 Å². The highest BCUT2D eigenvalue weighted by molar-refractivity contribution is 6.01. The van der Waals surface area contributed by atoms with Gasteiger partial charge in [0.1, 0.15) is 5.75 Å². The van der Waals surface area contributed by atoms with Gasteiger partial charge in [-0.25, -0.2) is 9.98 Å². The summed E-state index contributed by atoms with van der Waals surface area (Å²) in [4.78, 5) is 11.5. The smallest absolute Gasteiger partial charge is 0.213 e. The van der Waals surface area contributed by atoms with E-state index in [1.165, 1.54) is 0 Å². The molecule has 0 fully saturated rings. The van der Waals surface area contributed by atoms with Gasteiger partial charge in [0.2, 0.25) is 5.88 Å². The molecule has 0 saturated carbocycles. The van der Waals surface area contributed by atoms with Crippen molar-refractivity contribution < 1.29 is 9.47 Å². The van der Waals surface area contributed by atoms with Gasteiger partial charge in [-0.1, -0.05) is 42.5 Å². The van der Waals surface area contributed by atoms with Gasteiger partial charge in [0, 0.05) is 36.5 Å². The summed E-state index contributed by atoms with van der Waals surface area (Å²) in [5.74, 6) is 2.07. The van der Waals surface area contributed by atoms with Crippen LogP contribution in [0.1, 0.15) is 11.3 Å². The summed E-state index contributed by atoms with van der Waals surface area (Å²) in [7, 11) is 5.31. The molecule has 158 valence electrons. The van der Waals surface area contributed by atoms with Crippen LogP contribution >= 0.6 is 0 Å². The van der Waals surface area contributed by atoms with Crippen molar-refractivity contribution in [1.82, 2.24) is 15.3 Å². The lowest BCUT2D eigenvalue weighted by molar-refractivity contribution is 0.361. The zero-order chi connectivity index (χ0) is 21.6. The SMILES string of the molecule is COc1ccc2c(n1)CN(C)C/C=N/NC(c1ccc(-c3ccccc3OC)cc1)=N2. The van der Waals surface area contributed by atoms with Crippen LogP contribution in [-0.2, 0) is 6.54 Å². The second kappa shape index (κ2) is 9.40. The predicted octanol–water partition coefficient (Wildman–Crippen LogP) is 3.86. The van der Waals surface area contributed by atoms with Crippen LogP contribution in [0.2, 0.25) is 0 Å². The lowest BCUT2D eigenvalue weighted by atomic mass is 10.0. The first-order chi connectivity index (χ1) is 15.2. The molecule has 1 N–H and O–H groups in total. The fraction of sp³-hybridized carbons (Fsp3) is 0.208. The Balaban J connectivity index is 1.72. The highest BCUT2D eigenvalue weighted by Gasteiger charge is 2.13. The van der Waals surface area contributed by atoms with Crippen molar-refractivity contribution in [1.29, 1.82) is 0 Å². The molecule has 7 nitrogen and oxygen atoms in total. The van der Waals surface area contributed by atoms with E-state index in [4.69, 9.17) is 14.5 Å². The molecular formula is C24H25N5O2. The van der Waals surface area contributed by atoms with Crippen LogP contribution in [0, 0.1) is 0 Å². The van der Waals surface area contributed by atoms with Crippen molar-refractivity contribution in [2.75, 3.05) is 27.8 Å². The van der Waals surface area contributed by atoms with Crippen molar-refractivity contribution in [3.63, 3.8) is 0 Å². The number of hydrogen-bond donors (Lipinski definition) is 1. The molecule has 1 aliphatic rings. The summed E-state index contributed by atoms with van der Waals surface area (Å²) in [6, 6.07) is 19.9. The number of ether oxygens (including phenoxy) is 2. The molecule has 0 unspecified atom stereocenters. The van der Waals surface area contributed by atoms with E-state index < -0.39 is 0 Å². The summed E-state index contributed by atoms with van der Waals surface area (Å²) < 4.78 is 10.8. The molecule has 1 aromatic heterocycles. The van der Waals surface area contributed by atoms with E-state index in [0.29, 0.717) is 24.8 Å². The van der Waals surface area contributed by atoms with Gasteiger partial charge >= 0.3 is 0 Å². The Morgan fingerprint density at radius 1 is 0.903 bits per heavy atom. The minimum Gasteiger partial charge on any atom is -0.496 e. The first-order valence-electron chi connectivity index (χ1n) is 10.0. The van der Waals surface area contributed by atoms with Gasteiger partial charge in [-0.05, 0) is 24.7 Å². The molecule has 0 aliphatic carbocycles. The number of amidine groups is 1. The Labute approximate surface area is 182 Å². The van der Waals surface area contributed by atoms with E-state index in [-0.39, 0.29) is 0 Å². The Bertz CT molecular complexity index is 1110. The number of rotatable bonds is 4. The van der Waals surface area contributed by atoms with Crippen LogP contribution < -0.4 is 14.9 Å². The maximum absolute atomic E-state index is 5.49. The Morgan fingerprint density at radius 3 is 2.45 bits per heavy atom. The number of aromatic nitrogens is 1. The number of hydrogen-bond acceptors (Lipinski definition) is 7. The second-order valence-corrected chi connectivity index (χ2v) is 7.18. The molecule has 7 heteroatoms. The fourth-order valence-electron chi connectivity index (χ4n) is 3.38. The molecule has 4 rings (SSSR count). The number of pyridine rings is 1. The first-order valence-corrected chi connectivity index (χ1v) is 10.0. The van der Waals surface area contributed by atoms with E-state index in [0.717, 1.165) is 33.8 Å². The summed E-state index contributed by atoms with van der Waals surface area (Å²) in [5.41, 5.74) is 7.75. The van der Waals surface area contributed by atoms with Crippen LogP contribution in [0.15, 0.2) is 70.8 Å². The summed E-state index contributed by atoms with van der Waals surface area (Å²) in [6.45, 7) is 1.33. The molecule has 0 radical (unpaired) electrons. The monoisotopic (exact) mass is 415 g/mol. The Hall–Kier alpha value is -3.71. The fourth-order valence-corrected chi connectivity index (χ4v) is 3.38. The van der Waals surface area contributed by atoms with Gasteiger partial charge in [-0.2, -0.15) is 5.10 Å². The number of benzene rings is 2. The minimum atomic E-state index is 0.573. The number of nitrogens with zero attached hydrogens (tertiary/aromatic N) is 4. The first kappa shape index (κ1) is 20.6. The van der Waals surface area contributed by atoms with Crippen LogP contribution in [0.3, 0.4) is 0 Å². The van der Waals surface area contributed by atoms with Crippen molar-refractivity contribution >= 4 is 17.7 Å². The molecular weight excluding hydrogens is 390 g/mol. The van der Waals surface area contributed by atoms with Crippen molar-refractivity contribution in [3.05, 3.63) is 71.9 Å². The average molecular weight is 415 g/mol. The van der Waals surface area contributed by atoms with Crippen LogP contribution in [0.4, 0.5) is 5.69 Å². The molecule has 0 amide bonds. The summed E-state index contributed by atoms with van der Waals surface area (Å²) in [5, 5.41) is 4.34. The summed E-state index contributed by atoms with van der Waals surface area (Å²) in [6.07, 6.45) is 1.82. The highest BCUT2D eigenvalue weighted by atomic mass is 16.5. The number of hydrazone groups is 1. The van der Waals surface area contributed by atoms with E-state index in [1.54, 1.807) is 14.2 Å². The maximum atomic E-state index is 5.49. The van der Waals surface area contributed by atoms with Gasteiger partial charge < -0.3 is 9.47 Å². The normalized spacial score (nSPS) is 15.3. The zero-order valence-electron chi connectivity index (χ0n) is 17.9. The Morgan fingerprint density at radius 2 is 1.68 bits per heavy atom. The van der Waals surface area contributed by atoms with Crippen LogP contribution in [0.25, 0.3) is 11.1 Å². The quantitative estimate of drug-likeness (QED) is 0.701. The number of methoxy groups -OCH3 is 2. The topological polar surface area (TPSA) is 71.3 Å². The molecule has 0 spiro atoms. The predicted molar refractivity (Wildman–Crippen MR) is 123 cm³/mol. The van der Waals surface area contributed by atoms with Crippen molar-refractivity contribution in [2.45, 2.75) is 6.54 Å². The van der Waals surface area contributed by atoms with Gasteiger partial charge in [0.25, 0.3) is 0 Å². The number of para-hydroxylation sites is 1. The number of fused-ring (bicyclic) bond motifs is 1. The standard InChI is InChI=1S/C24H25N5O2/c1-29-15-14-25-28-24(27-20-12-13-23(31-3)26-21(20)16-29)18-10-8-17(9-11-18)19-6-4-5-7-22(19)30-2/h4-14H,15-16H2,1-3H3,(H,27,28)/b25-14+. The summed E-state index contributed by atoms with van der Waals surface area (Å²) >= 11 is 0. The van der Waals surface area contributed by atoms with Gasteiger partial charge in [0.15, 0.2) is 5.84 Å². The third-order valence-electron chi connectivity index (χ3n) is 5.02. The van der Waals surface area contributed by atoms with Gasteiger partial charge in [-0.15, -0.1) is 0 Å². The third-order valence-corrected chi connectivity index (χ3v) is 5.02. The lowest BCUT2D eigenvalue weighted by Gasteiger charge is -2.17. The number of aliphatic imine (C=N–C) groups is 1. The molecule has 31 heavy (non-hydrogen) atoms. The molecule has 3 aromatic rings. The average Bonchev–Trinajstić information content (AvgIpc) is 2.82. The molecule has 2 aromatic carbocycles. The van der Waals surface area contributed by atoms with Gasteiger partial charge in [0.05, 0.1) is 25.6 Å². The zero-order valence-corrected chi connectivity index (χ0v) is 17.9. The highest BCUT2D eigenvalue weighted by Crippen LogP contribution is 2.30.